The van der Waals surface area contributed by atoms with Crippen LogP contribution in [0.3, 0.4) is 0 Å². The third kappa shape index (κ3) is 19.1. The first-order chi connectivity index (χ1) is 15.9. The van der Waals surface area contributed by atoms with E-state index in [1.807, 2.05) is 0 Å². The van der Waals surface area contributed by atoms with E-state index in [0.29, 0.717) is 0 Å². The van der Waals surface area contributed by atoms with Crippen LogP contribution < -0.4 is 20.9 Å². The zero-order valence-corrected chi connectivity index (χ0v) is 23.7. The monoisotopic (exact) mass is 606 g/mol. The lowest BCUT2D eigenvalue weighted by molar-refractivity contribution is 0.0497. The van der Waals surface area contributed by atoms with Crippen molar-refractivity contribution in [2.45, 2.75) is 24.4 Å². The highest BCUT2D eigenvalue weighted by Gasteiger charge is 2.20. The van der Waals surface area contributed by atoms with Crippen molar-refractivity contribution in [3.8, 4) is 0 Å². The summed E-state index contributed by atoms with van der Waals surface area (Å²) in [5, 5.41) is 40.0. The van der Waals surface area contributed by atoms with Gasteiger partial charge in [-0.05, 0) is 0 Å². The smallest absolute Gasteiger partial charge is 0.212 e. The molecule has 0 aromatic rings. The minimum absolute atomic E-state index is 0.107. The van der Waals surface area contributed by atoms with E-state index in [9.17, 15) is 37.3 Å². The van der Waals surface area contributed by atoms with E-state index in [-0.39, 0.29) is 72.2 Å². The molecule has 4 atom stereocenters. The lowest BCUT2D eigenvalue weighted by Crippen LogP contribution is -2.33. The fourth-order valence-electron chi connectivity index (χ4n) is 2.00. The van der Waals surface area contributed by atoms with E-state index in [4.69, 9.17) is 11.5 Å². The number of hydrogen-bond acceptors (Lipinski definition) is 14. The van der Waals surface area contributed by atoms with Gasteiger partial charge in [-0.2, -0.15) is 23.5 Å². The quantitative estimate of drug-likeness (QED) is 0.0430. The Morgan fingerprint density at radius 2 is 0.941 bits per heavy atom. The Morgan fingerprint density at radius 1 is 0.618 bits per heavy atom. The van der Waals surface area contributed by atoms with Gasteiger partial charge < -0.3 is 31.9 Å². The Hall–Kier alpha value is 0.980. The maximum absolute atomic E-state index is 11.6. The van der Waals surface area contributed by atoms with Gasteiger partial charge in [-0.15, -0.1) is 0 Å². The van der Waals surface area contributed by atoms with Crippen LogP contribution in [0.15, 0.2) is 0 Å². The number of rotatable bonds is 23. The number of thioether (sulfide) groups is 2. The number of aliphatic hydroxyl groups is 4. The van der Waals surface area contributed by atoms with Crippen molar-refractivity contribution in [1.29, 1.82) is 0 Å². The molecule has 0 radical (unpaired) electrons. The van der Waals surface area contributed by atoms with Crippen LogP contribution in [0.2, 0.25) is 0 Å². The van der Waals surface area contributed by atoms with Gasteiger partial charge in [0.1, 0.15) is 0 Å². The van der Waals surface area contributed by atoms with Crippen LogP contribution in [0.4, 0.5) is 0 Å². The summed E-state index contributed by atoms with van der Waals surface area (Å²) >= 11 is 2.43. The van der Waals surface area contributed by atoms with Crippen molar-refractivity contribution in [3.63, 3.8) is 0 Å². The SMILES string of the molecule is NCCNS(=O)(=O)CCSCC(O)C(O)CSSCC(O)C(O)CSCCS(=O)(=O)NCCN. The molecule has 0 rings (SSSR count). The highest BCUT2D eigenvalue weighted by atomic mass is 33.1. The van der Waals surface area contributed by atoms with Gasteiger partial charge in [0.15, 0.2) is 0 Å². The summed E-state index contributed by atoms with van der Waals surface area (Å²) in [7, 11) is -4.33. The highest BCUT2D eigenvalue weighted by molar-refractivity contribution is 8.76. The zero-order chi connectivity index (χ0) is 26.0. The molecule has 10 N–H and O–H groups in total. The van der Waals surface area contributed by atoms with Gasteiger partial charge in [0.2, 0.25) is 20.0 Å². The van der Waals surface area contributed by atoms with Gasteiger partial charge >= 0.3 is 0 Å². The summed E-state index contributed by atoms with van der Waals surface area (Å²) in [5.41, 5.74) is 10.5. The summed E-state index contributed by atoms with van der Waals surface area (Å²) in [5.74, 6) is 1.05. The lowest BCUT2D eigenvalue weighted by atomic mass is 10.3. The summed E-state index contributed by atoms with van der Waals surface area (Å²) in [6.45, 7) is 0.765. The average Bonchev–Trinajstić information content (AvgIpc) is 2.79. The Bertz CT molecular complexity index is 658. The number of aliphatic hydroxyl groups excluding tert-OH is 4. The molecule has 0 saturated heterocycles. The van der Waals surface area contributed by atoms with E-state index in [1.54, 1.807) is 0 Å². The molecule has 0 aliphatic rings. The van der Waals surface area contributed by atoms with Crippen LogP contribution in [0, 0.1) is 0 Å². The van der Waals surface area contributed by atoms with Crippen molar-refractivity contribution in [2.75, 3.05) is 72.2 Å². The maximum Gasteiger partial charge on any atom is 0.212 e. The first kappa shape index (κ1) is 35.0. The van der Waals surface area contributed by atoms with E-state index in [0.717, 1.165) is 0 Å². The Kier molecular flexibility index (Phi) is 20.6. The second kappa shape index (κ2) is 20.0. The molecule has 206 valence electrons. The first-order valence-corrected chi connectivity index (χ1v) is 18.5. The first-order valence-electron chi connectivity index (χ1n) is 10.4. The fourth-order valence-corrected chi connectivity index (χ4v) is 9.43. The normalized spacial score (nSPS) is 16.3. The zero-order valence-electron chi connectivity index (χ0n) is 18.8. The second-order valence-electron chi connectivity index (χ2n) is 6.99. The van der Waals surface area contributed by atoms with Gasteiger partial charge in [0.25, 0.3) is 0 Å². The number of sulfonamides is 2. The van der Waals surface area contributed by atoms with Crippen molar-refractivity contribution in [3.05, 3.63) is 0 Å². The predicted molar refractivity (Wildman–Crippen MR) is 145 cm³/mol. The van der Waals surface area contributed by atoms with Gasteiger partial charge in [-0.1, -0.05) is 21.6 Å². The summed E-state index contributed by atoms with van der Waals surface area (Å²) in [4.78, 5) is 0. The molecule has 34 heavy (non-hydrogen) atoms. The van der Waals surface area contributed by atoms with Gasteiger partial charge in [-0.3, -0.25) is 0 Å². The predicted octanol–water partition coefficient (Wildman–Crippen LogP) is -2.97. The van der Waals surface area contributed by atoms with Crippen molar-refractivity contribution < 1.29 is 37.3 Å². The molecule has 0 fully saturated rings. The number of nitrogens with two attached hydrogens (primary N) is 2. The molecule has 0 heterocycles. The van der Waals surface area contributed by atoms with Crippen LogP contribution in [0.25, 0.3) is 0 Å². The number of nitrogens with one attached hydrogen (secondary N) is 2. The molecule has 0 saturated carbocycles. The maximum atomic E-state index is 11.6. The Morgan fingerprint density at radius 3 is 1.26 bits per heavy atom. The second-order valence-corrected chi connectivity index (χ2v) is 15.7. The third-order valence-electron chi connectivity index (χ3n) is 3.95. The molecule has 0 aliphatic heterocycles. The minimum atomic E-state index is -3.39. The van der Waals surface area contributed by atoms with E-state index in [1.165, 1.54) is 45.1 Å². The largest absolute Gasteiger partial charge is 0.390 e. The van der Waals surface area contributed by atoms with Crippen molar-refractivity contribution in [1.82, 2.24) is 9.44 Å². The van der Waals surface area contributed by atoms with E-state index < -0.39 is 44.5 Å². The van der Waals surface area contributed by atoms with Crippen LogP contribution in [0.5, 0.6) is 0 Å². The molecule has 18 heteroatoms. The van der Waals surface area contributed by atoms with Gasteiger partial charge in [-0.25, -0.2) is 26.3 Å². The highest BCUT2D eigenvalue weighted by Crippen LogP contribution is 2.25. The minimum Gasteiger partial charge on any atom is -0.390 e. The summed E-state index contributed by atoms with van der Waals surface area (Å²) < 4.78 is 51.2. The number of hydrogen-bond donors (Lipinski definition) is 8. The van der Waals surface area contributed by atoms with Crippen LogP contribution in [-0.4, -0.2) is 134 Å². The average molecular weight is 607 g/mol. The lowest BCUT2D eigenvalue weighted by Gasteiger charge is -2.19. The molecule has 0 aromatic heterocycles. The molecule has 0 aromatic carbocycles. The molecule has 0 spiro atoms. The fraction of sp³-hybridized carbons (Fsp3) is 1.00. The van der Waals surface area contributed by atoms with Gasteiger partial charge in [0.05, 0.1) is 35.9 Å². The molecule has 0 amide bonds. The molecule has 0 bridgehead atoms. The van der Waals surface area contributed by atoms with Crippen LogP contribution in [0.1, 0.15) is 0 Å². The van der Waals surface area contributed by atoms with E-state index in [2.05, 4.69) is 9.44 Å². The van der Waals surface area contributed by atoms with Crippen LogP contribution in [-0.2, 0) is 20.0 Å². The molecule has 4 unspecified atom stereocenters. The molecular formula is C16H38N4O8S6. The summed E-state index contributed by atoms with van der Waals surface area (Å²) in [6.07, 6.45) is -4.10. The van der Waals surface area contributed by atoms with E-state index >= 15 is 0 Å². The van der Waals surface area contributed by atoms with Crippen molar-refractivity contribution >= 4 is 65.2 Å². The molecule has 0 aliphatic carbocycles. The summed E-state index contributed by atoms with van der Waals surface area (Å²) in [6, 6.07) is 0. The Balaban J connectivity index is 3.92. The third-order valence-corrected chi connectivity index (χ3v) is 11.8. The van der Waals surface area contributed by atoms with Gasteiger partial charge in [0, 0.05) is 60.7 Å². The van der Waals surface area contributed by atoms with Crippen molar-refractivity contribution in [2.24, 2.45) is 11.5 Å². The topological polar surface area (TPSA) is 225 Å². The molecular weight excluding hydrogens is 569 g/mol. The standard InChI is InChI=1S/C16H38N4O8S6/c17-1-3-19-33(25,26)7-5-29-9-13(21)15(23)11-31-32-12-16(24)14(22)10-30-6-8-34(27,28)20-4-2-18/h13-16,19-24H,1-12,17-18H2. The molecule has 12 nitrogen and oxygen atoms in total. The Labute approximate surface area is 219 Å². The van der Waals surface area contributed by atoms with Crippen LogP contribution >= 0.6 is 45.1 Å².